The summed E-state index contributed by atoms with van der Waals surface area (Å²) >= 11 is 1.43. The molecule has 2 N–H and O–H groups in total. The first-order chi connectivity index (χ1) is 11.9. The summed E-state index contributed by atoms with van der Waals surface area (Å²) in [6.45, 7) is 0.649. The summed E-state index contributed by atoms with van der Waals surface area (Å²) in [4.78, 5) is 16.3. The zero-order valence-electron chi connectivity index (χ0n) is 12.9. The molecule has 0 radical (unpaired) electrons. The molecule has 0 bridgehead atoms. The van der Waals surface area contributed by atoms with E-state index < -0.39 is 21.7 Å². The van der Waals surface area contributed by atoms with Gasteiger partial charge >= 0.3 is 0 Å². The Balaban J connectivity index is 1.79. The Kier molecular flexibility index (Phi) is 5.05. The van der Waals surface area contributed by atoms with E-state index in [0.29, 0.717) is 11.7 Å². The molecule has 2 aromatic carbocycles. The number of amidine groups is 1. The molecule has 3 rings (SSSR count). The molecular formula is C16H14FN3O3S2. The lowest BCUT2D eigenvalue weighted by atomic mass is 10.2. The van der Waals surface area contributed by atoms with E-state index in [-0.39, 0.29) is 16.1 Å². The van der Waals surface area contributed by atoms with Crippen molar-refractivity contribution in [1.29, 1.82) is 0 Å². The number of benzene rings is 2. The summed E-state index contributed by atoms with van der Waals surface area (Å²) in [6.07, 6.45) is 0. The number of nitrogens with one attached hydrogen (secondary N) is 2. The normalized spacial score (nSPS) is 14.0. The third kappa shape index (κ3) is 4.37. The highest BCUT2D eigenvalue weighted by Gasteiger charge is 2.18. The Hall–Kier alpha value is -2.39. The SMILES string of the molecule is O=C(NC1=NCCS1)c1cccc(S(=O)(=O)Nc2ccc(F)cc2)c1. The molecule has 2 aromatic rings. The van der Waals surface area contributed by atoms with Crippen LogP contribution in [0.5, 0.6) is 0 Å². The predicted molar refractivity (Wildman–Crippen MR) is 95.9 cm³/mol. The number of anilines is 1. The van der Waals surface area contributed by atoms with Crippen molar-refractivity contribution in [3.63, 3.8) is 0 Å². The van der Waals surface area contributed by atoms with Gasteiger partial charge in [-0.3, -0.25) is 14.5 Å². The van der Waals surface area contributed by atoms with Crippen LogP contribution in [0.2, 0.25) is 0 Å². The van der Waals surface area contributed by atoms with Crippen LogP contribution in [0.15, 0.2) is 58.4 Å². The van der Waals surface area contributed by atoms with Crippen molar-refractivity contribution in [2.45, 2.75) is 4.90 Å². The number of aliphatic imine (C=N–C) groups is 1. The number of thioether (sulfide) groups is 1. The van der Waals surface area contributed by atoms with Crippen LogP contribution in [-0.2, 0) is 10.0 Å². The van der Waals surface area contributed by atoms with E-state index in [1.165, 1.54) is 48.2 Å². The Morgan fingerprint density at radius 3 is 2.60 bits per heavy atom. The van der Waals surface area contributed by atoms with Gasteiger partial charge in [-0.15, -0.1) is 0 Å². The first kappa shape index (κ1) is 17.4. The van der Waals surface area contributed by atoms with Crippen molar-refractivity contribution in [2.24, 2.45) is 4.99 Å². The van der Waals surface area contributed by atoms with Gasteiger partial charge in [0.05, 0.1) is 11.4 Å². The minimum absolute atomic E-state index is 0.0644. The average molecular weight is 379 g/mol. The topological polar surface area (TPSA) is 87.6 Å². The van der Waals surface area contributed by atoms with Gasteiger partial charge in [0, 0.05) is 17.0 Å². The maximum Gasteiger partial charge on any atom is 0.261 e. The Morgan fingerprint density at radius 2 is 1.92 bits per heavy atom. The lowest BCUT2D eigenvalue weighted by Crippen LogP contribution is -2.27. The van der Waals surface area contributed by atoms with Gasteiger partial charge in [-0.1, -0.05) is 17.8 Å². The number of hydrogen-bond acceptors (Lipinski definition) is 5. The molecule has 0 aromatic heterocycles. The maximum absolute atomic E-state index is 12.9. The van der Waals surface area contributed by atoms with Gasteiger partial charge in [-0.25, -0.2) is 12.8 Å². The van der Waals surface area contributed by atoms with Crippen molar-refractivity contribution >= 4 is 38.5 Å². The Labute approximate surface area is 148 Å². The molecule has 1 aliphatic rings. The molecule has 0 spiro atoms. The zero-order valence-corrected chi connectivity index (χ0v) is 14.5. The van der Waals surface area contributed by atoms with Gasteiger partial charge in [0.15, 0.2) is 5.17 Å². The van der Waals surface area contributed by atoms with E-state index in [0.717, 1.165) is 17.9 Å². The lowest BCUT2D eigenvalue weighted by Gasteiger charge is -2.09. The van der Waals surface area contributed by atoms with Crippen molar-refractivity contribution < 1.29 is 17.6 Å². The highest BCUT2D eigenvalue weighted by molar-refractivity contribution is 8.14. The van der Waals surface area contributed by atoms with Crippen molar-refractivity contribution in [2.75, 3.05) is 17.0 Å². The van der Waals surface area contributed by atoms with Crippen LogP contribution in [-0.4, -0.2) is 31.8 Å². The first-order valence-corrected chi connectivity index (χ1v) is 9.78. The van der Waals surface area contributed by atoms with Gasteiger partial charge in [0.2, 0.25) is 0 Å². The average Bonchev–Trinajstić information content (AvgIpc) is 3.10. The molecule has 9 heteroatoms. The maximum atomic E-state index is 12.9. The minimum atomic E-state index is -3.90. The second-order valence-corrected chi connectivity index (χ2v) is 7.90. The highest BCUT2D eigenvalue weighted by atomic mass is 32.2. The number of carbonyl (C=O) groups excluding carboxylic acids is 1. The number of rotatable bonds is 4. The Bertz CT molecular complexity index is 928. The molecule has 0 atom stereocenters. The van der Waals surface area contributed by atoms with Crippen molar-refractivity contribution in [3.8, 4) is 0 Å². The van der Waals surface area contributed by atoms with Gasteiger partial charge in [0.1, 0.15) is 5.82 Å². The summed E-state index contributed by atoms with van der Waals surface area (Å²) in [5.74, 6) is -0.0766. The number of sulfonamides is 1. The molecule has 0 saturated carbocycles. The summed E-state index contributed by atoms with van der Waals surface area (Å²) < 4.78 is 40.1. The van der Waals surface area contributed by atoms with Gasteiger partial charge < -0.3 is 5.32 Å². The summed E-state index contributed by atoms with van der Waals surface area (Å²) in [6, 6.07) is 10.6. The van der Waals surface area contributed by atoms with E-state index >= 15 is 0 Å². The molecule has 1 amide bonds. The fraction of sp³-hybridized carbons (Fsp3) is 0.125. The molecule has 0 saturated heterocycles. The molecule has 6 nitrogen and oxygen atoms in total. The van der Waals surface area contributed by atoms with E-state index in [1.54, 1.807) is 0 Å². The predicted octanol–water partition coefficient (Wildman–Crippen LogP) is 2.46. The van der Waals surface area contributed by atoms with E-state index in [9.17, 15) is 17.6 Å². The fourth-order valence-electron chi connectivity index (χ4n) is 2.12. The smallest absolute Gasteiger partial charge is 0.261 e. The molecule has 0 aliphatic carbocycles. The Morgan fingerprint density at radius 1 is 1.16 bits per heavy atom. The molecular weight excluding hydrogens is 365 g/mol. The molecule has 1 aliphatic heterocycles. The monoisotopic (exact) mass is 379 g/mol. The van der Waals surface area contributed by atoms with Crippen LogP contribution in [0.4, 0.5) is 10.1 Å². The standard InChI is InChI=1S/C16H14FN3O3S2/c17-12-4-6-13(7-5-12)20-25(22,23)14-3-1-2-11(10-14)15(21)19-16-18-8-9-24-16/h1-7,10,20H,8-9H2,(H,18,19,21). The summed E-state index contributed by atoms with van der Waals surface area (Å²) in [7, 11) is -3.90. The zero-order chi connectivity index (χ0) is 17.9. The molecule has 130 valence electrons. The summed E-state index contributed by atoms with van der Waals surface area (Å²) in [5.41, 5.74) is 0.435. The van der Waals surface area contributed by atoms with Crippen LogP contribution in [0.3, 0.4) is 0 Å². The van der Waals surface area contributed by atoms with E-state index in [1.807, 2.05) is 0 Å². The minimum Gasteiger partial charge on any atom is -0.301 e. The van der Waals surface area contributed by atoms with Gasteiger partial charge in [-0.05, 0) is 42.5 Å². The molecule has 25 heavy (non-hydrogen) atoms. The summed E-state index contributed by atoms with van der Waals surface area (Å²) in [5, 5.41) is 3.18. The lowest BCUT2D eigenvalue weighted by molar-refractivity contribution is 0.0977. The second-order valence-electron chi connectivity index (χ2n) is 5.13. The van der Waals surface area contributed by atoms with E-state index in [2.05, 4.69) is 15.0 Å². The highest BCUT2D eigenvalue weighted by Crippen LogP contribution is 2.18. The molecule has 0 fully saturated rings. The van der Waals surface area contributed by atoms with Crippen molar-refractivity contribution in [1.82, 2.24) is 5.32 Å². The first-order valence-electron chi connectivity index (χ1n) is 7.31. The quantitative estimate of drug-likeness (QED) is 0.854. The van der Waals surface area contributed by atoms with Crippen LogP contribution in [0.25, 0.3) is 0 Å². The number of halogens is 1. The van der Waals surface area contributed by atoms with Crippen LogP contribution in [0, 0.1) is 5.82 Å². The van der Waals surface area contributed by atoms with Gasteiger partial charge in [0.25, 0.3) is 15.9 Å². The number of carbonyl (C=O) groups is 1. The molecule has 1 heterocycles. The van der Waals surface area contributed by atoms with Crippen LogP contribution in [0.1, 0.15) is 10.4 Å². The largest absolute Gasteiger partial charge is 0.301 e. The third-order valence-corrected chi connectivity index (χ3v) is 5.58. The molecule has 0 unspecified atom stereocenters. The third-order valence-electron chi connectivity index (χ3n) is 3.31. The van der Waals surface area contributed by atoms with Crippen molar-refractivity contribution in [3.05, 3.63) is 59.9 Å². The number of nitrogens with zero attached hydrogens (tertiary/aromatic N) is 1. The fourth-order valence-corrected chi connectivity index (χ4v) is 3.94. The number of hydrogen-bond donors (Lipinski definition) is 2. The van der Waals surface area contributed by atoms with E-state index in [4.69, 9.17) is 0 Å². The van der Waals surface area contributed by atoms with Crippen LogP contribution < -0.4 is 10.0 Å². The number of amides is 1. The van der Waals surface area contributed by atoms with Gasteiger partial charge in [-0.2, -0.15) is 0 Å². The second kappa shape index (κ2) is 7.24. The van der Waals surface area contributed by atoms with Crippen LogP contribution >= 0.6 is 11.8 Å².